The van der Waals surface area contributed by atoms with Gasteiger partial charge in [-0.05, 0) is 24.7 Å². The minimum atomic E-state index is 0.777. The van der Waals surface area contributed by atoms with Gasteiger partial charge in [0.1, 0.15) is 0 Å². The third kappa shape index (κ3) is 3.04. The molecule has 0 bridgehead atoms. The van der Waals surface area contributed by atoms with Crippen LogP contribution in [0, 0.1) is 11.8 Å². The van der Waals surface area contributed by atoms with Crippen LogP contribution in [-0.4, -0.2) is 21.0 Å². The lowest BCUT2D eigenvalue weighted by Gasteiger charge is -2.25. The van der Waals surface area contributed by atoms with Gasteiger partial charge in [0.25, 0.3) is 0 Å². The molecule has 1 aliphatic heterocycles. The maximum absolute atomic E-state index is 2.45. The minimum Gasteiger partial charge on any atom is -0.0904 e. The summed E-state index contributed by atoms with van der Waals surface area (Å²) in [5.41, 5.74) is 0. The fourth-order valence-electron chi connectivity index (χ4n) is 2.43. The van der Waals surface area contributed by atoms with Gasteiger partial charge in [0.2, 0.25) is 0 Å². The van der Waals surface area contributed by atoms with Gasteiger partial charge < -0.3 is 0 Å². The summed E-state index contributed by atoms with van der Waals surface area (Å²) in [5, 5.41) is 3.29. The Morgan fingerprint density at radius 1 is 0.688 bits per heavy atom. The molecule has 6 unspecified atom stereocenters. The van der Waals surface area contributed by atoms with E-state index >= 15 is 0 Å². The molecule has 0 aromatic rings. The lowest BCUT2D eigenvalue weighted by Crippen LogP contribution is -2.22. The molecule has 2 aliphatic rings. The zero-order chi connectivity index (χ0) is 11.7. The standard InChI is InChI=1S/C12H22S4/c1-7-5-6-11-10(4)15-13-8(2)9(3)14-16-12(7)11/h7-12H,5-6H2,1-4H3. The van der Waals surface area contributed by atoms with E-state index in [1.165, 1.54) is 12.8 Å². The monoisotopic (exact) mass is 294 g/mol. The molecular formula is C12H22S4. The zero-order valence-electron chi connectivity index (χ0n) is 10.5. The molecule has 0 spiro atoms. The fraction of sp³-hybridized carbons (Fsp3) is 1.00. The van der Waals surface area contributed by atoms with Crippen molar-refractivity contribution in [2.45, 2.75) is 61.5 Å². The van der Waals surface area contributed by atoms with E-state index in [0.29, 0.717) is 0 Å². The van der Waals surface area contributed by atoms with Gasteiger partial charge in [-0.15, -0.1) is 0 Å². The number of rotatable bonds is 0. The van der Waals surface area contributed by atoms with Crippen molar-refractivity contribution in [3.05, 3.63) is 0 Å². The molecular weight excluding hydrogens is 272 g/mol. The SMILES string of the molecule is CC1CCC2C(C)SSC(C)C(C)SSC12. The zero-order valence-corrected chi connectivity index (χ0v) is 13.8. The maximum atomic E-state index is 2.45. The highest BCUT2D eigenvalue weighted by Gasteiger charge is 2.39. The minimum absolute atomic E-state index is 0.777. The Kier molecular flexibility index (Phi) is 5.21. The summed E-state index contributed by atoms with van der Waals surface area (Å²) >= 11 is 0. The van der Waals surface area contributed by atoms with Crippen LogP contribution in [-0.2, 0) is 0 Å². The Labute approximate surface area is 116 Å². The van der Waals surface area contributed by atoms with E-state index in [4.69, 9.17) is 0 Å². The summed E-state index contributed by atoms with van der Waals surface area (Å²) in [7, 11) is 8.59. The van der Waals surface area contributed by atoms with E-state index in [-0.39, 0.29) is 0 Å². The second-order valence-electron chi connectivity index (χ2n) is 5.18. The second-order valence-corrected chi connectivity index (χ2v) is 11.0. The van der Waals surface area contributed by atoms with Crippen molar-refractivity contribution in [1.29, 1.82) is 0 Å². The lowest BCUT2D eigenvalue weighted by molar-refractivity contribution is 0.532. The first-order chi connectivity index (χ1) is 7.59. The van der Waals surface area contributed by atoms with Gasteiger partial charge in [-0.3, -0.25) is 0 Å². The molecule has 0 aromatic heterocycles. The molecule has 2 fully saturated rings. The first-order valence-electron chi connectivity index (χ1n) is 6.24. The number of hydrogen-bond donors (Lipinski definition) is 0. The summed E-state index contributed by atoms with van der Waals surface area (Å²) < 4.78 is 0. The summed E-state index contributed by atoms with van der Waals surface area (Å²) in [6.07, 6.45) is 2.90. The van der Waals surface area contributed by atoms with Crippen LogP contribution in [0.5, 0.6) is 0 Å². The van der Waals surface area contributed by atoms with Crippen molar-refractivity contribution in [2.75, 3.05) is 0 Å². The molecule has 1 heterocycles. The summed E-state index contributed by atoms with van der Waals surface area (Å²) in [4.78, 5) is 0. The van der Waals surface area contributed by atoms with Crippen LogP contribution in [0.3, 0.4) is 0 Å². The Morgan fingerprint density at radius 3 is 1.94 bits per heavy atom. The molecule has 1 saturated heterocycles. The summed E-state index contributed by atoms with van der Waals surface area (Å²) in [6, 6.07) is 0. The summed E-state index contributed by atoms with van der Waals surface area (Å²) in [6.45, 7) is 9.67. The Hall–Kier alpha value is 1.40. The topological polar surface area (TPSA) is 0 Å². The van der Waals surface area contributed by atoms with Crippen molar-refractivity contribution in [2.24, 2.45) is 11.8 Å². The van der Waals surface area contributed by atoms with Crippen molar-refractivity contribution in [1.82, 2.24) is 0 Å². The molecule has 1 saturated carbocycles. The van der Waals surface area contributed by atoms with Crippen LogP contribution in [0.2, 0.25) is 0 Å². The average molecular weight is 295 g/mol. The van der Waals surface area contributed by atoms with E-state index in [2.05, 4.69) is 70.9 Å². The van der Waals surface area contributed by atoms with Gasteiger partial charge in [0.15, 0.2) is 0 Å². The molecule has 1 aliphatic carbocycles. The van der Waals surface area contributed by atoms with Gasteiger partial charge in [-0.25, -0.2) is 0 Å². The molecule has 6 atom stereocenters. The number of fused-ring (bicyclic) bond motifs is 1. The predicted molar refractivity (Wildman–Crippen MR) is 84.4 cm³/mol. The van der Waals surface area contributed by atoms with Gasteiger partial charge in [0.05, 0.1) is 0 Å². The maximum Gasteiger partial charge on any atom is 0.0247 e. The van der Waals surface area contributed by atoms with E-state index < -0.39 is 0 Å². The Morgan fingerprint density at radius 2 is 1.25 bits per heavy atom. The quantitative estimate of drug-likeness (QED) is 0.553. The molecule has 0 N–H and O–H groups in total. The van der Waals surface area contributed by atoms with Crippen molar-refractivity contribution in [3.8, 4) is 0 Å². The first-order valence-corrected chi connectivity index (χ1v) is 10.8. The highest BCUT2D eigenvalue weighted by Crippen LogP contribution is 2.53. The predicted octanol–water partition coefficient (Wildman–Crippen LogP) is 5.34. The van der Waals surface area contributed by atoms with Gasteiger partial charge in [0, 0.05) is 21.0 Å². The van der Waals surface area contributed by atoms with Gasteiger partial charge >= 0.3 is 0 Å². The molecule has 94 valence electrons. The summed E-state index contributed by atoms with van der Waals surface area (Å²) in [5.74, 6) is 1.87. The van der Waals surface area contributed by atoms with Gasteiger partial charge in [-0.2, -0.15) is 0 Å². The largest absolute Gasteiger partial charge is 0.0904 e. The van der Waals surface area contributed by atoms with Crippen LogP contribution in [0.25, 0.3) is 0 Å². The first kappa shape index (κ1) is 13.8. The van der Waals surface area contributed by atoms with Crippen molar-refractivity contribution in [3.63, 3.8) is 0 Å². The van der Waals surface area contributed by atoms with E-state index in [1.807, 2.05) is 0 Å². The second kappa shape index (κ2) is 6.03. The van der Waals surface area contributed by atoms with Crippen LogP contribution in [0.4, 0.5) is 0 Å². The molecule has 16 heavy (non-hydrogen) atoms. The van der Waals surface area contributed by atoms with E-state index in [1.54, 1.807) is 0 Å². The smallest absolute Gasteiger partial charge is 0.0247 e. The van der Waals surface area contributed by atoms with E-state index in [0.717, 1.165) is 32.8 Å². The molecule has 0 amide bonds. The number of hydrogen-bond acceptors (Lipinski definition) is 4. The molecule has 0 radical (unpaired) electrons. The fourth-order valence-corrected chi connectivity index (χ4v) is 9.93. The molecule has 4 heteroatoms. The molecule has 0 nitrogen and oxygen atoms in total. The Bertz CT molecular complexity index is 233. The average Bonchev–Trinajstić information content (AvgIpc) is 2.64. The van der Waals surface area contributed by atoms with Crippen LogP contribution < -0.4 is 0 Å². The van der Waals surface area contributed by atoms with E-state index in [9.17, 15) is 0 Å². The van der Waals surface area contributed by atoms with Crippen LogP contribution >= 0.6 is 43.2 Å². The van der Waals surface area contributed by atoms with Gasteiger partial charge in [-0.1, -0.05) is 70.9 Å². The Balaban J connectivity index is 2.07. The van der Waals surface area contributed by atoms with Crippen molar-refractivity contribution < 1.29 is 0 Å². The van der Waals surface area contributed by atoms with Crippen LogP contribution in [0.15, 0.2) is 0 Å². The highest BCUT2D eigenvalue weighted by atomic mass is 33.1. The highest BCUT2D eigenvalue weighted by molar-refractivity contribution is 8.79. The molecule has 0 aromatic carbocycles. The molecule has 2 rings (SSSR count). The third-order valence-electron chi connectivity index (χ3n) is 3.88. The normalized spacial score (nSPS) is 50.2. The van der Waals surface area contributed by atoms with Crippen LogP contribution in [0.1, 0.15) is 40.5 Å². The van der Waals surface area contributed by atoms with Crippen molar-refractivity contribution >= 4 is 43.2 Å². The lowest BCUT2D eigenvalue weighted by atomic mass is 10.0. The third-order valence-corrected chi connectivity index (χ3v) is 11.5.